The Morgan fingerprint density at radius 3 is 2.83 bits per heavy atom. The highest BCUT2D eigenvalue weighted by molar-refractivity contribution is 8.00. The van der Waals surface area contributed by atoms with Gasteiger partial charge in [-0.05, 0) is 67.6 Å². The molecule has 3 fully saturated rings. The summed E-state index contributed by atoms with van der Waals surface area (Å²) in [6.07, 6.45) is 4.14. The lowest BCUT2D eigenvalue weighted by Crippen LogP contribution is -2.65. The summed E-state index contributed by atoms with van der Waals surface area (Å²) in [4.78, 5) is 13.9. The Bertz CT molecular complexity index is 1380. The first-order valence-electron chi connectivity index (χ1n) is 16.4. The molecular formula is C33H46ClN5O6S. The van der Waals surface area contributed by atoms with Crippen LogP contribution in [0.4, 0.5) is 0 Å². The molecule has 4 aliphatic heterocycles. The summed E-state index contributed by atoms with van der Waals surface area (Å²) in [7, 11) is 0. The van der Waals surface area contributed by atoms with E-state index in [0.717, 1.165) is 24.9 Å². The van der Waals surface area contributed by atoms with Gasteiger partial charge in [-0.2, -0.15) is 0 Å². The maximum absolute atomic E-state index is 13.9. The lowest BCUT2D eigenvalue weighted by atomic mass is 9.85. The zero-order valence-electron chi connectivity index (χ0n) is 26.5. The van der Waals surface area contributed by atoms with Crippen molar-refractivity contribution >= 4 is 29.3 Å². The quantitative estimate of drug-likeness (QED) is 0.289. The SMILES string of the molecule is CC(C)C[C@@H]1CCO[C@@H]2[C@H](CN[C@@H]2C(=O)N[C@H]2[C@H]3O[C@H](S[C@H](c4cn(-c5cccc(Cl)c5)nn4)CC=C[C@H]2C)[C@H](O)[C@@H](O)[C@H]3O)C1. The molecule has 0 radical (unpaired) electrons. The van der Waals surface area contributed by atoms with Gasteiger partial charge in [0, 0.05) is 18.2 Å². The van der Waals surface area contributed by atoms with Gasteiger partial charge in [-0.3, -0.25) is 4.79 Å². The number of hydrogen-bond acceptors (Lipinski definition) is 10. The third-order valence-corrected chi connectivity index (χ3v) is 11.4. The Morgan fingerprint density at radius 1 is 1.22 bits per heavy atom. The molecule has 0 saturated carbocycles. The van der Waals surface area contributed by atoms with Crippen LogP contribution in [-0.4, -0.2) is 97.4 Å². The molecule has 1 aromatic carbocycles. The third-order valence-electron chi connectivity index (χ3n) is 9.79. The van der Waals surface area contributed by atoms with Crippen LogP contribution in [0.25, 0.3) is 5.69 Å². The lowest BCUT2D eigenvalue weighted by Gasteiger charge is -2.45. The number of aliphatic hydroxyl groups is 3. The number of carbonyl (C=O) groups excluding carboxylic acids is 1. The van der Waals surface area contributed by atoms with Crippen LogP contribution in [0.1, 0.15) is 57.4 Å². The molecule has 0 spiro atoms. The molecule has 46 heavy (non-hydrogen) atoms. The summed E-state index contributed by atoms with van der Waals surface area (Å²) in [5.41, 5.74) is 0.542. The summed E-state index contributed by atoms with van der Waals surface area (Å²) in [5.74, 6) is 0.980. The molecule has 3 saturated heterocycles. The molecule has 11 nitrogen and oxygen atoms in total. The van der Waals surface area contributed by atoms with Crippen LogP contribution in [-0.2, 0) is 14.3 Å². The molecule has 2 aromatic rings. The highest BCUT2D eigenvalue weighted by atomic mass is 35.5. The average Bonchev–Trinajstić information content (AvgIpc) is 3.62. The van der Waals surface area contributed by atoms with E-state index in [1.807, 2.05) is 37.4 Å². The zero-order chi connectivity index (χ0) is 32.5. The Hall–Kier alpha value is -2.03. The topological polar surface area (TPSA) is 151 Å². The van der Waals surface area contributed by atoms with Crippen LogP contribution >= 0.6 is 23.4 Å². The van der Waals surface area contributed by atoms with Crippen LogP contribution in [0.5, 0.6) is 0 Å². The number of rotatable bonds is 6. The van der Waals surface area contributed by atoms with Gasteiger partial charge in [-0.25, -0.2) is 4.68 Å². The number of thioether (sulfide) groups is 1. The van der Waals surface area contributed by atoms with Crippen molar-refractivity contribution < 1.29 is 29.6 Å². The van der Waals surface area contributed by atoms with Crippen molar-refractivity contribution in [2.75, 3.05) is 13.2 Å². The number of halogens is 1. The Morgan fingerprint density at radius 2 is 2.04 bits per heavy atom. The molecule has 0 aliphatic carbocycles. The summed E-state index contributed by atoms with van der Waals surface area (Å²) in [6.45, 7) is 7.79. The minimum absolute atomic E-state index is 0.215. The number of aromatic nitrogens is 3. The summed E-state index contributed by atoms with van der Waals surface area (Å²) in [6, 6.07) is 6.11. The fraction of sp³-hybridized carbons (Fsp3) is 0.667. The van der Waals surface area contributed by atoms with Gasteiger partial charge in [0.25, 0.3) is 0 Å². The van der Waals surface area contributed by atoms with E-state index in [-0.39, 0.29) is 29.1 Å². The van der Waals surface area contributed by atoms with Crippen molar-refractivity contribution in [2.45, 2.75) is 99.7 Å². The fourth-order valence-corrected chi connectivity index (χ4v) is 8.93. The van der Waals surface area contributed by atoms with Crippen molar-refractivity contribution in [3.63, 3.8) is 0 Å². The van der Waals surface area contributed by atoms with E-state index in [4.69, 9.17) is 21.1 Å². The van der Waals surface area contributed by atoms with Crippen LogP contribution in [0, 0.1) is 23.7 Å². The maximum atomic E-state index is 13.9. The fourth-order valence-electron chi connectivity index (χ4n) is 7.44. The van der Waals surface area contributed by atoms with Gasteiger partial charge in [0.15, 0.2) is 0 Å². The first kappa shape index (κ1) is 33.9. The number of aliphatic hydroxyl groups excluding tert-OH is 3. The highest BCUT2D eigenvalue weighted by Crippen LogP contribution is 2.42. The van der Waals surface area contributed by atoms with Crippen molar-refractivity contribution in [2.24, 2.45) is 23.7 Å². The van der Waals surface area contributed by atoms with Gasteiger partial charge < -0.3 is 35.4 Å². The number of allylic oxidation sites excluding steroid dienone is 1. The number of ether oxygens (including phenoxy) is 2. The maximum Gasteiger partial charge on any atom is 0.240 e. The van der Waals surface area contributed by atoms with Gasteiger partial charge in [-0.1, -0.05) is 55.8 Å². The van der Waals surface area contributed by atoms with Crippen LogP contribution < -0.4 is 10.6 Å². The number of benzene rings is 1. The van der Waals surface area contributed by atoms with Gasteiger partial charge in [-0.15, -0.1) is 16.9 Å². The third kappa shape index (κ3) is 7.34. The largest absolute Gasteiger partial charge is 0.388 e. The molecule has 4 aliphatic rings. The van der Waals surface area contributed by atoms with E-state index in [1.165, 1.54) is 11.8 Å². The second-order valence-electron chi connectivity index (χ2n) is 13.7. The zero-order valence-corrected chi connectivity index (χ0v) is 28.1. The number of amides is 1. The molecule has 6 rings (SSSR count). The molecule has 2 bridgehead atoms. The van der Waals surface area contributed by atoms with E-state index in [0.29, 0.717) is 42.1 Å². The number of carbonyl (C=O) groups is 1. The molecule has 1 aromatic heterocycles. The molecular weight excluding hydrogens is 630 g/mol. The lowest BCUT2D eigenvalue weighted by molar-refractivity contribution is -0.207. The second kappa shape index (κ2) is 14.6. The Kier molecular flexibility index (Phi) is 10.8. The Labute approximate surface area is 279 Å². The van der Waals surface area contributed by atoms with Crippen molar-refractivity contribution in [3.05, 3.63) is 53.3 Å². The van der Waals surface area contributed by atoms with Gasteiger partial charge in [0.1, 0.15) is 35.9 Å². The first-order valence-corrected chi connectivity index (χ1v) is 17.8. The molecule has 5 N–H and O–H groups in total. The van der Waals surface area contributed by atoms with Crippen LogP contribution in [0.15, 0.2) is 42.6 Å². The van der Waals surface area contributed by atoms with E-state index in [9.17, 15) is 20.1 Å². The molecule has 12 atom stereocenters. The summed E-state index contributed by atoms with van der Waals surface area (Å²) < 4.78 is 14.3. The molecule has 5 heterocycles. The number of nitrogens with zero attached hydrogens (tertiary/aromatic N) is 3. The first-order chi connectivity index (χ1) is 22.1. The standard InChI is InChI=1S/C33H46ClN5O6S/c1-17(2)12-19-10-11-44-30-20(13-19)15-35-26(30)32(43)36-25-18(3)6-4-9-24(46-33-29(42)27(40)28(41)31(25)45-33)23-16-39(38-37-23)22-8-5-7-21(34)14-22/h4-8,14,16-20,24-31,33,35,40-42H,9-13,15H2,1-3H3,(H,36,43)/t18-,19+,20+,24+,25-,26+,27+,28-,29-,30-,31-,33-/m1/s1. The van der Waals surface area contributed by atoms with Gasteiger partial charge in [0.05, 0.1) is 35.0 Å². The smallest absolute Gasteiger partial charge is 0.240 e. The van der Waals surface area contributed by atoms with E-state index < -0.39 is 41.9 Å². The van der Waals surface area contributed by atoms with Crippen molar-refractivity contribution in [3.8, 4) is 5.69 Å². The second-order valence-corrected chi connectivity index (χ2v) is 15.4. The van der Waals surface area contributed by atoms with Gasteiger partial charge in [0.2, 0.25) is 5.91 Å². The van der Waals surface area contributed by atoms with Crippen LogP contribution in [0.2, 0.25) is 5.02 Å². The van der Waals surface area contributed by atoms with Crippen molar-refractivity contribution in [1.29, 1.82) is 0 Å². The summed E-state index contributed by atoms with van der Waals surface area (Å²) in [5, 5.41) is 48.7. The molecule has 1 amide bonds. The predicted octanol–water partition coefficient (Wildman–Crippen LogP) is 3.01. The summed E-state index contributed by atoms with van der Waals surface area (Å²) >= 11 is 7.48. The van der Waals surface area contributed by atoms with E-state index >= 15 is 0 Å². The normalized spacial score (nSPS) is 38.3. The van der Waals surface area contributed by atoms with Crippen molar-refractivity contribution in [1.82, 2.24) is 25.6 Å². The highest BCUT2D eigenvalue weighted by Gasteiger charge is 2.50. The van der Waals surface area contributed by atoms with E-state index in [2.05, 4.69) is 34.8 Å². The number of hydrogen-bond donors (Lipinski definition) is 5. The Balaban J connectivity index is 1.20. The predicted molar refractivity (Wildman–Crippen MR) is 175 cm³/mol. The minimum Gasteiger partial charge on any atom is -0.388 e. The minimum atomic E-state index is -1.47. The molecule has 13 heteroatoms. The van der Waals surface area contributed by atoms with Gasteiger partial charge >= 0.3 is 0 Å². The van der Waals surface area contributed by atoms with E-state index in [1.54, 1.807) is 16.8 Å². The monoisotopic (exact) mass is 675 g/mol. The number of fused-ring (bicyclic) bond motifs is 3. The van der Waals surface area contributed by atoms with Crippen LogP contribution in [0.3, 0.4) is 0 Å². The molecule has 252 valence electrons. The average molecular weight is 676 g/mol. The number of nitrogens with one attached hydrogen (secondary N) is 2. The molecule has 0 unspecified atom stereocenters.